The summed E-state index contributed by atoms with van der Waals surface area (Å²) in [6.45, 7) is 1.77. The minimum Gasteiger partial charge on any atom is -0.294 e. The number of carbonyl (C=O) groups is 1. The van der Waals surface area contributed by atoms with Crippen molar-refractivity contribution in [3.63, 3.8) is 0 Å². The van der Waals surface area contributed by atoms with E-state index in [2.05, 4.69) is 0 Å². The number of benzene rings is 1. The molecule has 0 aliphatic heterocycles. The van der Waals surface area contributed by atoms with E-state index in [9.17, 15) is 17.6 Å². The molecule has 20 heavy (non-hydrogen) atoms. The van der Waals surface area contributed by atoms with Crippen molar-refractivity contribution < 1.29 is 17.6 Å². The summed E-state index contributed by atoms with van der Waals surface area (Å²) in [5.74, 6) is -0.881. The number of carbonyl (C=O) groups excluding carboxylic acids is 1. The third-order valence-corrected chi connectivity index (χ3v) is 5.71. The highest BCUT2D eigenvalue weighted by molar-refractivity contribution is 7.91. The molecule has 1 saturated carbocycles. The van der Waals surface area contributed by atoms with Crippen molar-refractivity contribution in [1.82, 2.24) is 0 Å². The SMILES string of the molecule is Cc1ccc(F)cc1C(=O)C1CCCC(S(C)(=O)=O)C1. The average Bonchev–Trinajstić information content (AvgIpc) is 2.40. The topological polar surface area (TPSA) is 51.2 Å². The van der Waals surface area contributed by atoms with E-state index in [1.54, 1.807) is 13.0 Å². The Bertz CT molecular complexity index is 622. The van der Waals surface area contributed by atoms with Crippen LogP contribution < -0.4 is 0 Å². The molecule has 1 aromatic carbocycles. The zero-order valence-corrected chi connectivity index (χ0v) is 12.5. The van der Waals surface area contributed by atoms with Gasteiger partial charge in [-0.05, 0) is 43.9 Å². The zero-order chi connectivity index (χ0) is 14.9. The molecular weight excluding hydrogens is 279 g/mol. The maximum absolute atomic E-state index is 13.3. The first-order valence-corrected chi connectivity index (χ1v) is 8.73. The van der Waals surface area contributed by atoms with Crippen molar-refractivity contribution in [1.29, 1.82) is 0 Å². The maximum Gasteiger partial charge on any atom is 0.166 e. The van der Waals surface area contributed by atoms with Crippen LogP contribution in [0.3, 0.4) is 0 Å². The average molecular weight is 298 g/mol. The van der Waals surface area contributed by atoms with Crippen molar-refractivity contribution in [2.75, 3.05) is 6.26 Å². The Balaban J connectivity index is 2.23. The molecule has 2 rings (SSSR count). The Hall–Kier alpha value is -1.23. The van der Waals surface area contributed by atoms with Crippen LogP contribution in [0.15, 0.2) is 18.2 Å². The first-order valence-electron chi connectivity index (χ1n) is 6.78. The smallest absolute Gasteiger partial charge is 0.166 e. The van der Waals surface area contributed by atoms with Crippen LogP contribution in [0.25, 0.3) is 0 Å². The van der Waals surface area contributed by atoms with Crippen LogP contribution in [-0.4, -0.2) is 25.7 Å². The van der Waals surface area contributed by atoms with Crippen LogP contribution in [0, 0.1) is 18.7 Å². The molecule has 5 heteroatoms. The number of rotatable bonds is 3. The normalized spacial score (nSPS) is 23.6. The third-order valence-electron chi connectivity index (χ3n) is 4.07. The lowest BCUT2D eigenvalue weighted by Crippen LogP contribution is -2.31. The lowest BCUT2D eigenvalue weighted by Gasteiger charge is -2.27. The fraction of sp³-hybridized carbons (Fsp3) is 0.533. The monoisotopic (exact) mass is 298 g/mol. The van der Waals surface area contributed by atoms with Crippen LogP contribution in [0.1, 0.15) is 41.6 Å². The molecule has 0 amide bonds. The van der Waals surface area contributed by atoms with Gasteiger partial charge in [-0.3, -0.25) is 4.79 Å². The Morgan fingerprint density at radius 2 is 2.00 bits per heavy atom. The molecule has 1 fully saturated rings. The summed E-state index contributed by atoms with van der Waals surface area (Å²) in [6, 6.07) is 4.16. The van der Waals surface area contributed by atoms with Gasteiger partial charge in [-0.1, -0.05) is 12.5 Å². The predicted molar refractivity (Wildman–Crippen MR) is 76.1 cm³/mol. The summed E-state index contributed by atoms with van der Waals surface area (Å²) >= 11 is 0. The van der Waals surface area contributed by atoms with Gasteiger partial charge in [-0.25, -0.2) is 12.8 Å². The van der Waals surface area contributed by atoms with Gasteiger partial charge in [0.05, 0.1) is 5.25 Å². The van der Waals surface area contributed by atoms with Crippen LogP contribution in [-0.2, 0) is 9.84 Å². The van der Waals surface area contributed by atoms with E-state index in [0.717, 1.165) is 12.0 Å². The van der Waals surface area contributed by atoms with E-state index in [1.807, 2.05) is 0 Å². The number of halogens is 1. The number of Topliss-reactive ketones (excluding diaryl/α,β-unsaturated/α-hetero) is 1. The third kappa shape index (κ3) is 3.26. The molecule has 2 atom stereocenters. The van der Waals surface area contributed by atoms with Crippen molar-refractivity contribution in [3.05, 3.63) is 35.1 Å². The lowest BCUT2D eigenvalue weighted by molar-refractivity contribution is 0.0890. The van der Waals surface area contributed by atoms with Gasteiger partial charge in [0.25, 0.3) is 0 Å². The van der Waals surface area contributed by atoms with E-state index in [1.165, 1.54) is 18.4 Å². The molecule has 1 aliphatic rings. The Labute approximate surface area is 119 Å². The zero-order valence-electron chi connectivity index (χ0n) is 11.7. The molecular formula is C15H19FO3S. The number of ketones is 1. The van der Waals surface area contributed by atoms with E-state index in [-0.39, 0.29) is 11.7 Å². The minimum atomic E-state index is -3.12. The minimum absolute atomic E-state index is 0.129. The van der Waals surface area contributed by atoms with Crippen LogP contribution >= 0.6 is 0 Å². The highest BCUT2D eigenvalue weighted by Gasteiger charge is 2.33. The summed E-state index contributed by atoms with van der Waals surface area (Å²) in [5.41, 5.74) is 1.11. The second-order valence-electron chi connectivity index (χ2n) is 5.64. The Morgan fingerprint density at radius 1 is 1.30 bits per heavy atom. The van der Waals surface area contributed by atoms with Crippen molar-refractivity contribution in [2.24, 2.45) is 5.92 Å². The second-order valence-corrected chi connectivity index (χ2v) is 7.96. The molecule has 0 heterocycles. The Morgan fingerprint density at radius 3 is 2.65 bits per heavy atom. The molecule has 0 aromatic heterocycles. The van der Waals surface area contributed by atoms with Gasteiger partial charge in [-0.2, -0.15) is 0 Å². The molecule has 3 nitrogen and oxygen atoms in total. The molecule has 0 bridgehead atoms. The number of aryl methyl sites for hydroxylation is 1. The lowest BCUT2D eigenvalue weighted by atomic mass is 9.82. The van der Waals surface area contributed by atoms with E-state index in [0.29, 0.717) is 24.8 Å². The fourth-order valence-corrected chi connectivity index (χ4v) is 4.03. The maximum atomic E-state index is 13.3. The van der Waals surface area contributed by atoms with Gasteiger partial charge in [0.1, 0.15) is 15.7 Å². The number of hydrogen-bond donors (Lipinski definition) is 0. The van der Waals surface area contributed by atoms with E-state index < -0.39 is 20.9 Å². The van der Waals surface area contributed by atoms with Crippen LogP contribution in [0.5, 0.6) is 0 Å². The largest absolute Gasteiger partial charge is 0.294 e. The summed E-state index contributed by atoms with van der Waals surface area (Å²) in [4.78, 5) is 12.5. The Kier molecular flexibility index (Phi) is 4.28. The molecule has 0 spiro atoms. The van der Waals surface area contributed by atoms with Crippen molar-refractivity contribution in [2.45, 2.75) is 37.9 Å². The molecule has 0 radical (unpaired) electrons. The second kappa shape index (κ2) is 5.64. The first kappa shape index (κ1) is 15.2. The van der Waals surface area contributed by atoms with Gasteiger partial charge in [0.2, 0.25) is 0 Å². The van der Waals surface area contributed by atoms with Crippen molar-refractivity contribution >= 4 is 15.6 Å². The number of hydrogen-bond acceptors (Lipinski definition) is 3. The quantitative estimate of drug-likeness (QED) is 0.806. The van der Waals surface area contributed by atoms with Gasteiger partial charge in [-0.15, -0.1) is 0 Å². The van der Waals surface area contributed by atoms with Crippen molar-refractivity contribution in [3.8, 4) is 0 Å². The van der Waals surface area contributed by atoms with Crippen LogP contribution in [0.4, 0.5) is 4.39 Å². The molecule has 0 saturated heterocycles. The molecule has 1 aliphatic carbocycles. The first-order chi connectivity index (χ1) is 9.29. The summed E-state index contributed by atoms with van der Waals surface area (Å²) in [7, 11) is -3.12. The van der Waals surface area contributed by atoms with E-state index in [4.69, 9.17) is 0 Å². The summed E-state index contributed by atoms with van der Waals surface area (Å²) < 4.78 is 36.6. The molecule has 110 valence electrons. The predicted octanol–water partition coefficient (Wildman–Crippen LogP) is 2.92. The van der Waals surface area contributed by atoms with E-state index >= 15 is 0 Å². The number of sulfone groups is 1. The van der Waals surface area contributed by atoms with Gasteiger partial charge in [0.15, 0.2) is 5.78 Å². The summed E-state index contributed by atoms with van der Waals surface area (Å²) in [5, 5.41) is -0.445. The highest BCUT2D eigenvalue weighted by atomic mass is 32.2. The van der Waals surface area contributed by atoms with Crippen LogP contribution in [0.2, 0.25) is 0 Å². The van der Waals surface area contributed by atoms with Gasteiger partial charge >= 0.3 is 0 Å². The standard InChI is InChI=1S/C15H19FO3S/c1-10-6-7-12(16)9-14(10)15(17)11-4-3-5-13(8-11)20(2,18)19/h6-7,9,11,13H,3-5,8H2,1-2H3. The highest BCUT2D eigenvalue weighted by Crippen LogP contribution is 2.31. The fourth-order valence-electron chi connectivity index (χ4n) is 2.85. The van der Waals surface area contributed by atoms with Gasteiger partial charge < -0.3 is 0 Å². The molecule has 2 unspecified atom stereocenters. The molecule has 1 aromatic rings. The molecule has 0 N–H and O–H groups in total. The van der Waals surface area contributed by atoms with Gasteiger partial charge in [0, 0.05) is 17.7 Å². The summed E-state index contributed by atoms with van der Waals surface area (Å²) in [6.07, 6.45) is 3.60.